The number of aliphatic hydroxyl groups is 5. The lowest BCUT2D eigenvalue weighted by atomic mass is 9.99. The molecule has 0 spiro atoms. The number of unbranched alkanes of at least 4 members (excludes halogenated alkanes) is 37. The first-order chi connectivity index (χ1) is 38.7. The number of amides is 1. The summed E-state index contributed by atoms with van der Waals surface area (Å²) in [5.41, 5.74) is 0. The van der Waals surface area contributed by atoms with Gasteiger partial charge >= 0.3 is 5.97 Å². The lowest BCUT2D eigenvalue weighted by molar-refractivity contribution is -0.305. The van der Waals surface area contributed by atoms with Gasteiger partial charge in [-0.25, -0.2) is 0 Å². The molecule has 1 aliphatic rings. The molecule has 0 bridgehead atoms. The number of esters is 1. The van der Waals surface area contributed by atoms with Gasteiger partial charge in [-0.1, -0.05) is 306 Å². The van der Waals surface area contributed by atoms with E-state index in [4.69, 9.17) is 14.2 Å². The highest BCUT2D eigenvalue weighted by molar-refractivity contribution is 5.80. The van der Waals surface area contributed by atoms with Gasteiger partial charge in [-0.3, -0.25) is 9.59 Å². The van der Waals surface area contributed by atoms with Crippen molar-refractivity contribution >= 4 is 11.9 Å². The van der Waals surface area contributed by atoms with Gasteiger partial charge in [0.1, 0.15) is 24.4 Å². The number of carbonyl (C=O) groups is 2. The van der Waals surface area contributed by atoms with Gasteiger partial charge in [0.2, 0.25) is 5.91 Å². The Morgan fingerprint density at radius 3 is 1.37 bits per heavy atom. The van der Waals surface area contributed by atoms with Gasteiger partial charge in [0.25, 0.3) is 0 Å². The van der Waals surface area contributed by atoms with E-state index in [1.165, 1.54) is 186 Å². The molecule has 0 saturated carbocycles. The van der Waals surface area contributed by atoms with Crippen molar-refractivity contribution in [3.63, 3.8) is 0 Å². The van der Waals surface area contributed by atoms with Gasteiger partial charge in [-0.15, -0.1) is 0 Å². The molecule has 460 valence electrons. The van der Waals surface area contributed by atoms with Crippen molar-refractivity contribution < 1.29 is 49.3 Å². The van der Waals surface area contributed by atoms with Gasteiger partial charge in [0.15, 0.2) is 12.4 Å². The van der Waals surface area contributed by atoms with Gasteiger partial charge in [-0.2, -0.15) is 0 Å². The van der Waals surface area contributed by atoms with E-state index in [9.17, 15) is 35.1 Å². The van der Waals surface area contributed by atoms with Crippen LogP contribution in [0, 0.1) is 0 Å². The zero-order valence-electron chi connectivity index (χ0n) is 51.0. The SMILES string of the molecule is CC/C=C/C=C/C=C\C=C/CCCCC(O)C(=O)NC(COC1OC(CO)C(O)C(O)C1OC(=O)CCCCCCCCCCCCCCCCCCCCCCCCCCCCC)C(O)/C=C/CCCCCCCCCCC. The summed E-state index contributed by atoms with van der Waals surface area (Å²) in [5.74, 6) is -1.23. The number of aliphatic hydroxyl groups excluding tert-OH is 5. The molecule has 0 aromatic heterocycles. The van der Waals surface area contributed by atoms with E-state index in [1.54, 1.807) is 6.08 Å². The van der Waals surface area contributed by atoms with Crippen LogP contribution in [0.5, 0.6) is 0 Å². The van der Waals surface area contributed by atoms with Crippen LogP contribution < -0.4 is 5.32 Å². The average Bonchev–Trinajstić information content (AvgIpc) is 3.44. The van der Waals surface area contributed by atoms with Crippen LogP contribution >= 0.6 is 0 Å². The number of nitrogens with one attached hydrogen (secondary N) is 1. The van der Waals surface area contributed by atoms with E-state index in [2.05, 4.69) is 32.2 Å². The molecule has 0 aromatic carbocycles. The first kappa shape index (κ1) is 74.4. The summed E-state index contributed by atoms with van der Waals surface area (Å²) in [5, 5.41) is 56.9. The predicted octanol–water partition coefficient (Wildman–Crippen LogP) is 16.2. The second-order valence-corrected chi connectivity index (χ2v) is 22.9. The molecule has 79 heavy (non-hydrogen) atoms. The average molecular weight is 1110 g/mol. The van der Waals surface area contributed by atoms with Crippen LogP contribution in [-0.4, -0.2) is 99.6 Å². The van der Waals surface area contributed by atoms with E-state index in [1.807, 2.05) is 48.6 Å². The highest BCUT2D eigenvalue weighted by atomic mass is 16.7. The maximum Gasteiger partial charge on any atom is 0.306 e. The second-order valence-electron chi connectivity index (χ2n) is 22.9. The molecule has 1 saturated heterocycles. The minimum Gasteiger partial charge on any atom is -0.454 e. The Labute approximate surface area is 484 Å². The normalized spacial score (nSPS) is 19.2. The number of carbonyl (C=O) groups excluding carboxylic acids is 2. The number of allylic oxidation sites excluding steroid dienone is 9. The predicted molar refractivity (Wildman–Crippen MR) is 329 cm³/mol. The van der Waals surface area contributed by atoms with Crippen molar-refractivity contribution in [1.82, 2.24) is 5.32 Å². The summed E-state index contributed by atoms with van der Waals surface area (Å²) in [6.45, 7) is 5.63. The molecule has 0 aliphatic carbocycles. The zero-order chi connectivity index (χ0) is 57.5. The van der Waals surface area contributed by atoms with E-state index < -0.39 is 67.4 Å². The lowest BCUT2D eigenvalue weighted by Gasteiger charge is -2.41. The summed E-state index contributed by atoms with van der Waals surface area (Å²) in [4.78, 5) is 26.5. The third-order valence-corrected chi connectivity index (χ3v) is 15.5. The first-order valence-electron chi connectivity index (χ1n) is 33.1. The number of rotatable bonds is 56. The van der Waals surface area contributed by atoms with Crippen LogP contribution in [0.25, 0.3) is 0 Å². The van der Waals surface area contributed by atoms with Crippen LogP contribution in [0.1, 0.15) is 297 Å². The van der Waals surface area contributed by atoms with Crippen molar-refractivity contribution in [3.8, 4) is 0 Å². The molecule has 1 rings (SSSR count). The Balaban J connectivity index is 2.52. The third-order valence-electron chi connectivity index (χ3n) is 15.5. The maximum atomic E-state index is 13.4. The van der Waals surface area contributed by atoms with Crippen LogP contribution in [-0.2, 0) is 23.8 Å². The van der Waals surface area contributed by atoms with Crippen LogP contribution in [0.15, 0.2) is 60.8 Å². The highest BCUT2D eigenvalue weighted by Crippen LogP contribution is 2.26. The maximum absolute atomic E-state index is 13.4. The standard InChI is InChI=1S/C68H123NO10/c1-4-7-10-13-16-19-22-24-25-26-27-28-29-30-31-32-33-34-35-36-37-38-41-44-47-50-53-56-63(73)79-66-65(75)64(74)62(57-70)78-68(66)77-58-59(60(71)54-51-48-45-42-39-21-18-15-12-9-6-3)69-67(76)61(72)55-52-49-46-43-40-23-20-17-14-11-8-5-2/h8,11,14,17,20,23,40,43,51,54,59-62,64-66,68,70-72,74-75H,4-7,9-10,12-13,15-16,18-19,21-22,24-39,41-42,44-50,52-53,55-58H2,1-3H3,(H,69,76)/b11-8+,17-14+,23-20-,43-40-,54-51+. The summed E-state index contributed by atoms with van der Waals surface area (Å²) in [6.07, 6.45) is 60.2. The molecule has 1 heterocycles. The van der Waals surface area contributed by atoms with E-state index in [0.717, 1.165) is 64.2 Å². The van der Waals surface area contributed by atoms with Crippen molar-refractivity contribution in [3.05, 3.63) is 60.8 Å². The molecule has 6 N–H and O–H groups in total. The Bertz CT molecular complexity index is 1510. The number of ether oxygens (including phenoxy) is 3. The number of hydrogen-bond acceptors (Lipinski definition) is 10. The van der Waals surface area contributed by atoms with Crippen LogP contribution in [0.3, 0.4) is 0 Å². The Kier molecular flexibility index (Phi) is 52.6. The van der Waals surface area contributed by atoms with E-state index in [0.29, 0.717) is 12.8 Å². The third kappa shape index (κ3) is 43.7. The zero-order valence-corrected chi connectivity index (χ0v) is 51.0. The fourth-order valence-corrected chi connectivity index (χ4v) is 10.3. The number of hydrogen-bond donors (Lipinski definition) is 6. The molecule has 11 heteroatoms. The molecule has 0 radical (unpaired) electrons. The summed E-state index contributed by atoms with van der Waals surface area (Å²) in [6, 6.07) is -1.04. The summed E-state index contributed by atoms with van der Waals surface area (Å²) < 4.78 is 17.6. The van der Waals surface area contributed by atoms with Gasteiger partial charge in [-0.05, 0) is 44.9 Å². The van der Waals surface area contributed by atoms with Crippen LogP contribution in [0.2, 0.25) is 0 Å². The molecular formula is C68H123NO10. The Hall–Kier alpha value is -2.64. The fraction of sp³-hybridized carbons (Fsp3) is 0.824. The molecule has 0 aromatic rings. The minimum atomic E-state index is -1.62. The van der Waals surface area contributed by atoms with Crippen LogP contribution in [0.4, 0.5) is 0 Å². The molecule has 1 fully saturated rings. The smallest absolute Gasteiger partial charge is 0.306 e. The Morgan fingerprint density at radius 2 is 0.911 bits per heavy atom. The van der Waals surface area contributed by atoms with Crippen molar-refractivity contribution in [2.24, 2.45) is 0 Å². The topological polar surface area (TPSA) is 175 Å². The lowest BCUT2D eigenvalue weighted by Crippen LogP contribution is -2.61. The van der Waals surface area contributed by atoms with Crippen molar-refractivity contribution in [2.45, 2.75) is 346 Å². The monoisotopic (exact) mass is 1110 g/mol. The molecule has 11 nitrogen and oxygen atoms in total. The summed E-state index contributed by atoms with van der Waals surface area (Å²) in [7, 11) is 0. The van der Waals surface area contributed by atoms with Gasteiger partial charge in [0.05, 0.1) is 25.4 Å². The van der Waals surface area contributed by atoms with Gasteiger partial charge < -0.3 is 45.1 Å². The quantitative estimate of drug-likeness (QED) is 0.0149. The van der Waals surface area contributed by atoms with E-state index >= 15 is 0 Å². The molecule has 1 aliphatic heterocycles. The van der Waals surface area contributed by atoms with Crippen molar-refractivity contribution in [1.29, 1.82) is 0 Å². The van der Waals surface area contributed by atoms with Gasteiger partial charge in [0, 0.05) is 6.42 Å². The molecule has 1 amide bonds. The molecule has 8 atom stereocenters. The molecular weight excluding hydrogens is 991 g/mol. The van der Waals surface area contributed by atoms with E-state index in [-0.39, 0.29) is 19.4 Å². The largest absolute Gasteiger partial charge is 0.454 e. The molecule has 8 unspecified atom stereocenters. The fourth-order valence-electron chi connectivity index (χ4n) is 10.3. The Morgan fingerprint density at radius 1 is 0.506 bits per heavy atom. The minimum absolute atomic E-state index is 0.121. The summed E-state index contributed by atoms with van der Waals surface area (Å²) >= 11 is 0. The first-order valence-corrected chi connectivity index (χ1v) is 33.1. The second kappa shape index (κ2) is 55.9. The highest BCUT2D eigenvalue weighted by Gasteiger charge is 2.47. The van der Waals surface area contributed by atoms with Crippen molar-refractivity contribution in [2.75, 3.05) is 13.2 Å².